The summed E-state index contributed by atoms with van der Waals surface area (Å²) in [6, 6.07) is 5.18. The van der Waals surface area contributed by atoms with E-state index in [2.05, 4.69) is 5.32 Å². The number of ether oxygens (including phenoxy) is 2. The van der Waals surface area contributed by atoms with E-state index in [9.17, 15) is 14.7 Å². The van der Waals surface area contributed by atoms with Crippen molar-refractivity contribution in [1.29, 1.82) is 0 Å². The molecular weight excluding hydrogens is 322 g/mol. The van der Waals surface area contributed by atoms with E-state index in [0.29, 0.717) is 5.56 Å². The average molecular weight is 344 g/mol. The fraction of sp³-hybridized carbons (Fsp3) is 0.500. The Morgan fingerprint density at radius 3 is 2.43 bits per heavy atom. The number of nitrogens with one attached hydrogen (secondary N) is 1. The van der Waals surface area contributed by atoms with Crippen molar-refractivity contribution in [3.8, 4) is 0 Å². The summed E-state index contributed by atoms with van der Waals surface area (Å²) in [4.78, 5) is 24.0. The molecule has 7 heteroatoms. The molecule has 0 unspecified atom stereocenters. The van der Waals surface area contributed by atoms with Gasteiger partial charge in [0.05, 0.1) is 6.61 Å². The highest BCUT2D eigenvalue weighted by Crippen LogP contribution is 2.25. The van der Waals surface area contributed by atoms with Crippen LogP contribution in [0.2, 0.25) is 5.02 Å². The Kier molecular flexibility index (Phi) is 6.84. The van der Waals surface area contributed by atoms with Crippen LogP contribution in [0.15, 0.2) is 24.3 Å². The molecule has 2 N–H and O–H groups in total. The van der Waals surface area contributed by atoms with Crippen LogP contribution < -0.4 is 5.32 Å². The number of amides is 1. The molecular formula is C16H22ClNO5. The molecule has 0 aromatic heterocycles. The zero-order valence-corrected chi connectivity index (χ0v) is 14.4. The first-order valence-corrected chi connectivity index (χ1v) is 7.62. The SMILES string of the molecule is CCOC(=O)[C@@H](NC(=O)OC(C)(C)C)[C@@H](O)c1ccccc1Cl. The fourth-order valence-electron chi connectivity index (χ4n) is 1.83. The van der Waals surface area contributed by atoms with Crippen molar-refractivity contribution in [1.82, 2.24) is 5.32 Å². The fourth-order valence-corrected chi connectivity index (χ4v) is 2.08. The van der Waals surface area contributed by atoms with Gasteiger partial charge in [-0.05, 0) is 33.8 Å². The minimum atomic E-state index is -1.37. The van der Waals surface area contributed by atoms with Crippen molar-refractivity contribution in [2.75, 3.05) is 6.61 Å². The van der Waals surface area contributed by atoms with Crippen LogP contribution in [0.1, 0.15) is 39.4 Å². The molecule has 0 bridgehead atoms. The molecule has 0 aliphatic rings. The first kappa shape index (κ1) is 19.3. The Hall–Kier alpha value is -1.79. The van der Waals surface area contributed by atoms with Crippen molar-refractivity contribution in [2.24, 2.45) is 0 Å². The van der Waals surface area contributed by atoms with Crippen LogP contribution in [-0.2, 0) is 14.3 Å². The Labute approximate surface area is 140 Å². The predicted molar refractivity (Wildman–Crippen MR) is 86.2 cm³/mol. The average Bonchev–Trinajstić information content (AvgIpc) is 2.43. The first-order chi connectivity index (χ1) is 10.7. The van der Waals surface area contributed by atoms with E-state index in [1.165, 1.54) is 0 Å². The van der Waals surface area contributed by atoms with Crippen LogP contribution in [0.4, 0.5) is 4.79 Å². The van der Waals surface area contributed by atoms with Crippen molar-refractivity contribution < 1.29 is 24.2 Å². The van der Waals surface area contributed by atoms with Crippen molar-refractivity contribution in [3.63, 3.8) is 0 Å². The molecule has 0 aliphatic carbocycles. The number of benzene rings is 1. The van der Waals surface area contributed by atoms with Gasteiger partial charge in [0.15, 0.2) is 6.04 Å². The molecule has 0 saturated heterocycles. The molecule has 0 fully saturated rings. The molecule has 1 aromatic rings. The largest absolute Gasteiger partial charge is 0.464 e. The number of rotatable bonds is 5. The van der Waals surface area contributed by atoms with Gasteiger partial charge >= 0.3 is 12.1 Å². The second-order valence-corrected chi connectivity index (χ2v) is 6.25. The van der Waals surface area contributed by atoms with E-state index in [-0.39, 0.29) is 11.6 Å². The number of esters is 1. The molecule has 0 spiro atoms. The third-order valence-corrected chi connectivity index (χ3v) is 3.10. The van der Waals surface area contributed by atoms with Crippen LogP contribution in [-0.4, -0.2) is 35.4 Å². The van der Waals surface area contributed by atoms with E-state index >= 15 is 0 Å². The normalized spacial score (nSPS) is 13.8. The highest BCUT2D eigenvalue weighted by atomic mass is 35.5. The van der Waals surface area contributed by atoms with Gasteiger partial charge in [-0.2, -0.15) is 0 Å². The summed E-state index contributed by atoms with van der Waals surface area (Å²) in [7, 11) is 0. The maximum absolute atomic E-state index is 12.1. The smallest absolute Gasteiger partial charge is 0.408 e. The second-order valence-electron chi connectivity index (χ2n) is 5.84. The minimum absolute atomic E-state index is 0.112. The van der Waals surface area contributed by atoms with Gasteiger partial charge in [0.25, 0.3) is 0 Å². The summed E-state index contributed by atoms with van der Waals surface area (Å²) >= 11 is 6.03. The lowest BCUT2D eigenvalue weighted by atomic mass is 10.0. The van der Waals surface area contributed by atoms with Crippen LogP contribution in [0.5, 0.6) is 0 Å². The lowest BCUT2D eigenvalue weighted by Crippen LogP contribution is -2.47. The predicted octanol–water partition coefficient (Wildman–Crippen LogP) is 2.83. The van der Waals surface area contributed by atoms with Gasteiger partial charge in [-0.15, -0.1) is 0 Å². The summed E-state index contributed by atoms with van der Waals surface area (Å²) in [6.07, 6.45) is -2.20. The summed E-state index contributed by atoms with van der Waals surface area (Å²) < 4.78 is 10.0. The second kappa shape index (κ2) is 8.17. The van der Waals surface area contributed by atoms with Crippen molar-refractivity contribution >= 4 is 23.7 Å². The third-order valence-electron chi connectivity index (χ3n) is 2.75. The van der Waals surface area contributed by atoms with Gasteiger partial charge < -0.3 is 19.9 Å². The Bertz CT molecular complexity index is 556. The number of aliphatic hydroxyl groups excluding tert-OH is 1. The maximum atomic E-state index is 12.1. The molecule has 0 heterocycles. The molecule has 6 nitrogen and oxygen atoms in total. The molecule has 1 aromatic carbocycles. The summed E-state index contributed by atoms with van der Waals surface area (Å²) in [5.41, 5.74) is -0.429. The Morgan fingerprint density at radius 1 is 1.30 bits per heavy atom. The summed E-state index contributed by atoms with van der Waals surface area (Å²) in [6.45, 7) is 6.81. The number of halogens is 1. The van der Waals surface area contributed by atoms with Crippen LogP contribution in [0, 0.1) is 0 Å². The molecule has 128 valence electrons. The molecule has 0 radical (unpaired) electrons. The van der Waals surface area contributed by atoms with E-state index in [4.69, 9.17) is 21.1 Å². The topological polar surface area (TPSA) is 84.9 Å². The van der Waals surface area contributed by atoms with Crippen molar-refractivity contribution in [2.45, 2.75) is 45.4 Å². The van der Waals surface area contributed by atoms with E-state index in [1.54, 1.807) is 52.0 Å². The van der Waals surface area contributed by atoms with Gasteiger partial charge in [0.2, 0.25) is 0 Å². The maximum Gasteiger partial charge on any atom is 0.408 e. The van der Waals surface area contributed by atoms with E-state index < -0.39 is 29.8 Å². The van der Waals surface area contributed by atoms with E-state index in [1.807, 2.05) is 0 Å². The standard InChI is InChI=1S/C16H22ClNO5/c1-5-22-14(20)12(18-15(21)23-16(2,3)4)13(19)10-8-6-7-9-11(10)17/h6-9,12-13,19H,5H2,1-4H3,(H,18,21)/t12-,13-/m0/s1. The van der Waals surface area contributed by atoms with Crippen LogP contribution in [0.3, 0.4) is 0 Å². The number of aliphatic hydroxyl groups is 1. The van der Waals surface area contributed by atoms with Gasteiger partial charge in [-0.25, -0.2) is 9.59 Å². The lowest BCUT2D eigenvalue weighted by molar-refractivity contribution is -0.148. The van der Waals surface area contributed by atoms with Crippen LogP contribution in [0.25, 0.3) is 0 Å². The molecule has 0 aliphatic heterocycles. The van der Waals surface area contributed by atoms with Gasteiger partial charge in [0.1, 0.15) is 11.7 Å². The molecule has 1 amide bonds. The Balaban J connectivity index is 2.99. The summed E-state index contributed by atoms with van der Waals surface area (Å²) in [5.74, 6) is -0.772. The molecule has 2 atom stereocenters. The highest BCUT2D eigenvalue weighted by Gasteiger charge is 2.33. The number of hydrogen-bond donors (Lipinski definition) is 2. The molecule has 23 heavy (non-hydrogen) atoms. The zero-order valence-electron chi connectivity index (χ0n) is 13.6. The van der Waals surface area contributed by atoms with Crippen LogP contribution >= 0.6 is 11.6 Å². The Morgan fingerprint density at radius 2 is 1.91 bits per heavy atom. The molecule has 1 rings (SSSR count). The monoisotopic (exact) mass is 343 g/mol. The van der Waals surface area contributed by atoms with Gasteiger partial charge in [-0.1, -0.05) is 29.8 Å². The highest BCUT2D eigenvalue weighted by molar-refractivity contribution is 6.31. The number of alkyl carbamates (subject to hydrolysis) is 1. The number of carbonyl (C=O) groups excluding carboxylic acids is 2. The summed E-state index contributed by atoms with van der Waals surface area (Å²) in [5, 5.41) is 13.1. The minimum Gasteiger partial charge on any atom is -0.464 e. The van der Waals surface area contributed by atoms with Gasteiger partial charge in [0, 0.05) is 10.6 Å². The number of hydrogen-bond acceptors (Lipinski definition) is 5. The van der Waals surface area contributed by atoms with Gasteiger partial charge in [-0.3, -0.25) is 0 Å². The quantitative estimate of drug-likeness (QED) is 0.803. The first-order valence-electron chi connectivity index (χ1n) is 7.24. The zero-order chi connectivity index (χ0) is 17.6. The number of carbonyl (C=O) groups is 2. The van der Waals surface area contributed by atoms with Crippen molar-refractivity contribution in [3.05, 3.63) is 34.9 Å². The lowest BCUT2D eigenvalue weighted by Gasteiger charge is -2.26. The van der Waals surface area contributed by atoms with E-state index in [0.717, 1.165) is 0 Å². The molecule has 0 saturated carbocycles. The third kappa shape index (κ3) is 6.08.